The van der Waals surface area contributed by atoms with E-state index in [9.17, 15) is 8.78 Å². The lowest BCUT2D eigenvalue weighted by molar-refractivity contribution is 0.222. The molecule has 4 nitrogen and oxygen atoms in total. The normalized spacial score (nSPS) is 17.0. The van der Waals surface area contributed by atoms with Gasteiger partial charge in [-0.2, -0.15) is 0 Å². The highest BCUT2D eigenvalue weighted by Crippen LogP contribution is 2.26. The van der Waals surface area contributed by atoms with E-state index in [1.165, 1.54) is 0 Å². The average molecular weight is 296 g/mol. The fraction of sp³-hybridized carbons (Fsp3) is 0.533. The van der Waals surface area contributed by atoms with Crippen molar-refractivity contribution in [2.45, 2.75) is 12.8 Å². The lowest BCUT2D eigenvalue weighted by atomic mass is 9.96. The zero-order valence-electron chi connectivity index (χ0n) is 12.5. The molecule has 1 aliphatic rings. The summed E-state index contributed by atoms with van der Waals surface area (Å²) in [6.45, 7) is 2.67. The van der Waals surface area contributed by atoms with E-state index >= 15 is 0 Å². The van der Waals surface area contributed by atoms with Gasteiger partial charge in [0.15, 0.2) is 0 Å². The van der Waals surface area contributed by atoms with Crippen molar-refractivity contribution >= 4 is 11.5 Å². The first-order valence-electron chi connectivity index (χ1n) is 7.11. The van der Waals surface area contributed by atoms with Crippen molar-refractivity contribution in [3.8, 4) is 0 Å². The molecular weight excluding hydrogens is 274 g/mol. The van der Waals surface area contributed by atoms with Crippen LogP contribution in [0.15, 0.2) is 12.1 Å². The highest BCUT2D eigenvalue weighted by atomic mass is 19.1. The van der Waals surface area contributed by atoms with E-state index in [0.717, 1.165) is 38.1 Å². The molecule has 1 heterocycles. The Balaban J connectivity index is 2.12. The predicted molar refractivity (Wildman–Crippen MR) is 80.9 cm³/mol. The van der Waals surface area contributed by atoms with Crippen LogP contribution in [0.25, 0.3) is 0 Å². The van der Waals surface area contributed by atoms with Gasteiger partial charge in [-0.1, -0.05) is 0 Å². The minimum Gasteiger partial charge on any atom is -0.384 e. The molecule has 3 N–H and O–H groups in total. The molecule has 1 aliphatic heterocycles. The molecule has 1 aromatic rings. The summed E-state index contributed by atoms with van der Waals surface area (Å²) in [4.78, 5) is 3.89. The van der Waals surface area contributed by atoms with E-state index in [4.69, 9.17) is 11.1 Å². The van der Waals surface area contributed by atoms with Crippen molar-refractivity contribution in [3.63, 3.8) is 0 Å². The molecular formula is C15H22F2N4. The number of halogens is 2. The van der Waals surface area contributed by atoms with Gasteiger partial charge >= 0.3 is 0 Å². The summed E-state index contributed by atoms with van der Waals surface area (Å²) in [6.07, 6.45) is 2.07. The van der Waals surface area contributed by atoms with E-state index in [0.29, 0.717) is 12.5 Å². The molecule has 0 aliphatic carbocycles. The summed E-state index contributed by atoms with van der Waals surface area (Å²) in [7, 11) is 3.78. The number of anilines is 1. The Kier molecular flexibility index (Phi) is 4.77. The van der Waals surface area contributed by atoms with Crippen molar-refractivity contribution in [3.05, 3.63) is 29.3 Å². The highest BCUT2D eigenvalue weighted by molar-refractivity contribution is 5.95. The topological polar surface area (TPSA) is 56.4 Å². The maximum atomic E-state index is 14.1. The van der Waals surface area contributed by atoms with Crippen LogP contribution >= 0.6 is 0 Å². The molecule has 1 aromatic carbocycles. The Bertz CT molecular complexity index is 501. The Morgan fingerprint density at radius 3 is 2.33 bits per heavy atom. The average Bonchev–Trinajstić information content (AvgIpc) is 2.40. The maximum Gasteiger partial charge on any atom is 0.150 e. The number of nitrogen functional groups attached to an aromatic ring is 1. The Labute approximate surface area is 124 Å². The van der Waals surface area contributed by atoms with E-state index in [2.05, 4.69) is 11.9 Å². The van der Waals surface area contributed by atoms with Crippen molar-refractivity contribution in [1.29, 1.82) is 5.41 Å². The minimum atomic E-state index is -0.671. The van der Waals surface area contributed by atoms with Crippen molar-refractivity contribution < 1.29 is 8.78 Å². The molecule has 0 aromatic heterocycles. The quantitative estimate of drug-likeness (QED) is 0.660. The molecule has 2 rings (SSSR count). The first-order chi connectivity index (χ1) is 9.88. The summed E-state index contributed by atoms with van der Waals surface area (Å²) in [5.74, 6) is -1.24. The largest absolute Gasteiger partial charge is 0.384 e. The van der Waals surface area contributed by atoms with Crippen LogP contribution in [0.1, 0.15) is 18.4 Å². The highest BCUT2D eigenvalue weighted by Gasteiger charge is 2.22. The molecule has 21 heavy (non-hydrogen) atoms. The third-order valence-corrected chi connectivity index (χ3v) is 4.08. The van der Waals surface area contributed by atoms with Crippen molar-refractivity contribution in [2.75, 3.05) is 38.6 Å². The first-order valence-corrected chi connectivity index (χ1v) is 7.11. The second-order valence-corrected chi connectivity index (χ2v) is 5.83. The smallest absolute Gasteiger partial charge is 0.150 e. The number of hydrogen-bond acceptors (Lipinski definition) is 3. The van der Waals surface area contributed by atoms with E-state index < -0.39 is 11.6 Å². The van der Waals surface area contributed by atoms with Gasteiger partial charge in [0.25, 0.3) is 0 Å². The van der Waals surface area contributed by atoms with Gasteiger partial charge in [0, 0.05) is 19.2 Å². The molecule has 0 atom stereocenters. The number of likely N-dealkylation sites (tertiary alicyclic amines) is 1. The van der Waals surface area contributed by atoms with Gasteiger partial charge in [0.1, 0.15) is 23.2 Å². The van der Waals surface area contributed by atoms with Crippen LogP contribution in [0, 0.1) is 23.0 Å². The summed E-state index contributed by atoms with van der Waals surface area (Å²) >= 11 is 0. The fourth-order valence-electron chi connectivity index (χ4n) is 2.81. The van der Waals surface area contributed by atoms with Crippen LogP contribution in [-0.2, 0) is 0 Å². The van der Waals surface area contributed by atoms with Crippen LogP contribution in [0.4, 0.5) is 14.5 Å². The van der Waals surface area contributed by atoms with Crippen LogP contribution in [0.5, 0.6) is 0 Å². The number of piperidine rings is 1. The van der Waals surface area contributed by atoms with Gasteiger partial charge in [-0.05, 0) is 51.0 Å². The third kappa shape index (κ3) is 3.69. The van der Waals surface area contributed by atoms with E-state index in [-0.39, 0.29) is 17.1 Å². The standard InChI is InChI=1S/C15H22F2N4/c1-20-5-3-10(4-6-20)9-21(2)14-12(16)7-11(15(18)19)8-13(14)17/h7-8,10H,3-6,9H2,1-2H3,(H3,18,19). The minimum absolute atomic E-state index is 0.0427. The molecule has 0 bridgehead atoms. The number of amidine groups is 1. The van der Waals surface area contributed by atoms with Crippen LogP contribution in [0.2, 0.25) is 0 Å². The molecule has 1 fully saturated rings. The molecule has 0 unspecified atom stereocenters. The molecule has 6 heteroatoms. The van der Waals surface area contributed by atoms with Gasteiger partial charge in [-0.15, -0.1) is 0 Å². The first kappa shape index (κ1) is 15.7. The predicted octanol–water partition coefficient (Wildman–Crippen LogP) is 2.03. The zero-order chi connectivity index (χ0) is 15.6. The summed E-state index contributed by atoms with van der Waals surface area (Å²) in [5.41, 5.74) is 5.30. The van der Waals surface area contributed by atoms with E-state index in [1.54, 1.807) is 11.9 Å². The third-order valence-electron chi connectivity index (χ3n) is 4.08. The maximum absolute atomic E-state index is 14.1. The SMILES string of the molecule is CN1CCC(CN(C)c2c(F)cc(C(=N)N)cc2F)CC1. The molecule has 0 spiro atoms. The second kappa shape index (κ2) is 6.39. The van der Waals surface area contributed by atoms with Gasteiger partial charge < -0.3 is 15.5 Å². The lowest BCUT2D eigenvalue weighted by Crippen LogP contribution is -2.36. The number of benzene rings is 1. The number of nitrogens with zero attached hydrogens (tertiary/aromatic N) is 2. The Morgan fingerprint density at radius 2 is 1.86 bits per heavy atom. The van der Waals surface area contributed by atoms with Crippen LogP contribution in [0.3, 0.4) is 0 Å². The summed E-state index contributed by atoms with van der Waals surface area (Å²) < 4.78 is 28.2. The fourth-order valence-corrected chi connectivity index (χ4v) is 2.81. The Morgan fingerprint density at radius 1 is 1.33 bits per heavy atom. The number of rotatable bonds is 4. The van der Waals surface area contributed by atoms with Crippen LogP contribution in [-0.4, -0.2) is 44.5 Å². The monoisotopic (exact) mass is 296 g/mol. The number of hydrogen-bond donors (Lipinski definition) is 2. The van der Waals surface area contributed by atoms with Crippen molar-refractivity contribution in [2.24, 2.45) is 11.7 Å². The molecule has 0 amide bonds. The molecule has 0 saturated carbocycles. The number of nitrogens with one attached hydrogen (secondary N) is 1. The lowest BCUT2D eigenvalue weighted by Gasteiger charge is -2.32. The van der Waals surface area contributed by atoms with Gasteiger partial charge in [-0.3, -0.25) is 5.41 Å². The summed E-state index contributed by atoms with van der Waals surface area (Å²) in [6, 6.07) is 2.23. The van der Waals surface area contributed by atoms with Gasteiger partial charge in [0.05, 0.1) is 0 Å². The van der Waals surface area contributed by atoms with Crippen molar-refractivity contribution in [1.82, 2.24) is 4.90 Å². The Hall–Kier alpha value is -1.69. The van der Waals surface area contributed by atoms with E-state index in [1.807, 2.05) is 0 Å². The van der Waals surface area contributed by atoms with Gasteiger partial charge in [0.2, 0.25) is 0 Å². The molecule has 116 valence electrons. The second-order valence-electron chi connectivity index (χ2n) is 5.83. The molecule has 0 radical (unpaired) electrons. The zero-order valence-corrected chi connectivity index (χ0v) is 12.5. The summed E-state index contributed by atoms with van der Waals surface area (Å²) in [5, 5.41) is 7.26. The number of nitrogens with two attached hydrogens (primary N) is 1. The molecule has 1 saturated heterocycles. The van der Waals surface area contributed by atoms with Gasteiger partial charge in [-0.25, -0.2) is 8.78 Å². The van der Waals surface area contributed by atoms with Crippen LogP contribution < -0.4 is 10.6 Å².